The highest BCUT2D eigenvalue weighted by atomic mass is 16.5. The van der Waals surface area contributed by atoms with Crippen molar-refractivity contribution in [2.24, 2.45) is 11.1 Å². The van der Waals surface area contributed by atoms with Gasteiger partial charge in [0.1, 0.15) is 0 Å². The minimum atomic E-state index is -0.529. The molecule has 1 spiro atoms. The van der Waals surface area contributed by atoms with E-state index in [1.807, 2.05) is 12.1 Å². The fourth-order valence-electron chi connectivity index (χ4n) is 2.90. The molecule has 0 atom stereocenters. The first kappa shape index (κ1) is 14.0. The molecule has 1 aromatic rings. The number of imide groups is 1. The number of nitrogens with one attached hydrogen (secondary N) is 1. The van der Waals surface area contributed by atoms with Crippen molar-refractivity contribution in [2.45, 2.75) is 19.4 Å². The molecule has 0 bridgehead atoms. The van der Waals surface area contributed by atoms with Gasteiger partial charge in [0.15, 0.2) is 0 Å². The molecular weight excluding hydrogens is 270 g/mol. The molecule has 21 heavy (non-hydrogen) atoms. The van der Waals surface area contributed by atoms with Gasteiger partial charge >= 0.3 is 6.03 Å². The summed E-state index contributed by atoms with van der Waals surface area (Å²) >= 11 is 0. The number of ether oxygens (including phenoxy) is 1. The van der Waals surface area contributed by atoms with Gasteiger partial charge in [0.2, 0.25) is 5.91 Å². The van der Waals surface area contributed by atoms with Gasteiger partial charge in [-0.15, -0.1) is 0 Å². The molecule has 112 valence electrons. The maximum atomic E-state index is 12.9. The predicted octanol–water partition coefficient (Wildman–Crippen LogP) is 0.998. The maximum Gasteiger partial charge on any atom is 0.328 e. The molecular formula is C15H19N3O3. The van der Waals surface area contributed by atoms with Gasteiger partial charge in [0.05, 0.1) is 11.1 Å². The number of carbonyl (C=O) groups is 2. The number of nitrogens with zero attached hydrogens (tertiary/aromatic N) is 1. The maximum absolute atomic E-state index is 12.9. The molecule has 2 saturated heterocycles. The SMILES string of the molecule is NCc1ccc(N2C(=O)NCC3(CCOCC3)C2=O)cc1. The molecule has 2 aliphatic heterocycles. The van der Waals surface area contributed by atoms with Crippen LogP contribution >= 0.6 is 0 Å². The third-order valence-corrected chi connectivity index (χ3v) is 4.32. The highest BCUT2D eigenvalue weighted by molar-refractivity contribution is 6.18. The highest BCUT2D eigenvalue weighted by Crippen LogP contribution is 2.36. The fourth-order valence-corrected chi connectivity index (χ4v) is 2.90. The second-order valence-electron chi connectivity index (χ2n) is 5.56. The number of amides is 3. The van der Waals surface area contributed by atoms with Crippen LogP contribution in [-0.4, -0.2) is 31.7 Å². The van der Waals surface area contributed by atoms with Crippen molar-refractivity contribution in [2.75, 3.05) is 24.7 Å². The zero-order valence-corrected chi connectivity index (χ0v) is 11.8. The van der Waals surface area contributed by atoms with E-state index in [0.717, 1.165) is 5.56 Å². The molecule has 2 heterocycles. The Morgan fingerprint density at radius 1 is 1.19 bits per heavy atom. The van der Waals surface area contributed by atoms with E-state index in [1.54, 1.807) is 12.1 Å². The zero-order chi connectivity index (χ0) is 14.9. The Balaban J connectivity index is 1.91. The van der Waals surface area contributed by atoms with Crippen LogP contribution in [0, 0.1) is 5.41 Å². The van der Waals surface area contributed by atoms with Crippen LogP contribution in [0.15, 0.2) is 24.3 Å². The van der Waals surface area contributed by atoms with Crippen LogP contribution < -0.4 is 16.0 Å². The molecule has 0 radical (unpaired) electrons. The third kappa shape index (κ3) is 2.41. The van der Waals surface area contributed by atoms with Crippen LogP contribution in [0.4, 0.5) is 10.5 Å². The van der Waals surface area contributed by atoms with Crippen molar-refractivity contribution in [3.63, 3.8) is 0 Å². The highest BCUT2D eigenvalue weighted by Gasteiger charge is 2.48. The summed E-state index contributed by atoms with van der Waals surface area (Å²) in [6.45, 7) is 1.94. The minimum Gasteiger partial charge on any atom is -0.381 e. The number of hydrogen-bond acceptors (Lipinski definition) is 4. The molecule has 6 heteroatoms. The first-order valence-corrected chi connectivity index (χ1v) is 7.15. The number of rotatable bonds is 2. The van der Waals surface area contributed by atoms with Crippen LogP contribution in [0.3, 0.4) is 0 Å². The van der Waals surface area contributed by atoms with E-state index >= 15 is 0 Å². The quantitative estimate of drug-likeness (QED) is 0.850. The standard InChI is InChI=1S/C15H19N3O3/c16-9-11-1-3-12(4-2-11)18-13(19)15(10-17-14(18)20)5-7-21-8-6-15/h1-4H,5-10,16H2,(H,17,20). The minimum absolute atomic E-state index is 0.130. The lowest BCUT2D eigenvalue weighted by atomic mass is 9.77. The van der Waals surface area contributed by atoms with Gasteiger partial charge in [0.25, 0.3) is 0 Å². The Labute approximate surface area is 123 Å². The summed E-state index contributed by atoms with van der Waals surface area (Å²) < 4.78 is 5.35. The summed E-state index contributed by atoms with van der Waals surface area (Å²) in [5.74, 6) is -0.130. The molecule has 0 unspecified atom stereocenters. The van der Waals surface area contributed by atoms with Crippen LogP contribution in [0.25, 0.3) is 0 Å². The summed E-state index contributed by atoms with van der Waals surface area (Å²) in [6.07, 6.45) is 1.28. The summed E-state index contributed by atoms with van der Waals surface area (Å²) in [7, 11) is 0. The van der Waals surface area contributed by atoms with E-state index < -0.39 is 5.41 Å². The molecule has 3 amide bonds. The van der Waals surface area contributed by atoms with Gasteiger partial charge in [-0.2, -0.15) is 0 Å². The average Bonchev–Trinajstić information content (AvgIpc) is 2.53. The first-order valence-electron chi connectivity index (χ1n) is 7.15. The van der Waals surface area contributed by atoms with E-state index in [9.17, 15) is 9.59 Å². The largest absolute Gasteiger partial charge is 0.381 e. The van der Waals surface area contributed by atoms with Crippen molar-refractivity contribution in [3.05, 3.63) is 29.8 Å². The molecule has 0 aliphatic carbocycles. The van der Waals surface area contributed by atoms with Crippen molar-refractivity contribution >= 4 is 17.6 Å². The Bertz CT molecular complexity index is 550. The fraction of sp³-hybridized carbons (Fsp3) is 0.467. The van der Waals surface area contributed by atoms with Gasteiger partial charge in [-0.1, -0.05) is 12.1 Å². The number of hydrogen-bond donors (Lipinski definition) is 2. The second-order valence-corrected chi connectivity index (χ2v) is 5.56. The summed E-state index contributed by atoms with van der Waals surface area (Å²) in [5, 5.41) is 2.84. The van der Waals surface area contributed by atoms with Crippen LogP contribution in [0.5, 0.6) is 0 Å². The Hall–Kier alpha value is -1.92. The number of anilines is 1. The van der Waals surface area contributed by atoms with Crippen LogP contribution in [0.2, 0.25) is 0 Å². The van der Waals surface area contributed by atoms with Gasteiger partial charge in [-0.3, -0.25) is 4.79 Å². The van der Waals surface area contributed by atoms with E-state index in [4.69, 9.17) is 10.5 Å². The Morgan fingerprint density at radius 3 is 2.48 bits per heavy atom. The summed E-state index contributed by atoms with van der Waals surface area (Å²) in [6, 6.07) is 6.83. The van der Waals surface area contributed by atoms with Crippen molar-refractivity contribution in [1.82, 2.24) is 5.32 Å². The molecule has 2 aliphatic rings. The van der Waals surface area contributed by atoms with Gasteiger partial charge < -0.3 is 15.8 Å². The second kappa shape index (κ2) is 5.46. The van der Waals surface area contributed by atoms with Gasteiger partial charge in [-0.25, -0.2) is 9.69 Å². The Morgan fingerprint density at radius 2 is 1.86 bits per heavy atom. The van der Waals surface area contributed by atoms with Crippen molar-refractivity contribution < 1.29 is 14.3 Å². The summed E-state index contributed by atoms with van der Waals surface area (Å²) in [4.78, 5) is 26.2. The van der Waals surface area contributed by atoms with Crippen molar-refractivity contribution in [1.29, 1.82) is 0 Å². The van der Waals surface area contributed by atoms with Crippen molar-refractivity contribution in [3.8, 4) is 0 Å². The molecule has 0 saturated carbocycles. The lowest BCUT2D eigenvalue weighted by Crippen LogP contribution is -2.62. The lowest BCUT2D eigenvalue weighted by Gasteiger charge is -2.42. The molecule has 6 nitrogen and oxygen atoms in total. The molecule has 3 N–H and O–H groups in total. The summed E-state index contributed by atoms with van der Waals surface area (Å²) in [5.41, 5.74) is 6.59. The number of urea groups is 1. The third-order valence-electron chi connectivity index (χ3n) is 4.32. The number of carbonyl (C=O) groups excluding carboxylic acids is 2. The monoisotopic (exact) mass is 289 g/mol. The predicted molar refractivity (Wildman–Crippen MR) is 77.7 cm³/mol. The number of benzene rings is 1. The van der Waals surface area contributed by atoms with Crippen LogP contribution in [-0.2, 0) is 16.1 Å². The normalized spacial score (nSPS) is 21.5. The number of nitrogens with two attached hydrogens (primary N) is 1. The van der Waals surface area contributed by atoms with E-state index in [1.165, 1.54) is 4.90 Å². The smallest absolute Gasteiger partial charge is 0.328 e. The molecule has 3 rings (SSSR count). The molecule has 1 aromatic carbocycles. The van der Waals surface area contributed by atoms with Gasteiger partial charge in [-0.05, 0) is 30.5 Å². The first-order chi connectivity index (χ1) is 10.2. The Kier molecular flexibility index (Phi) is 3.65. The van der Waals surface area contributed by atoms with Gasteiger partial charge in [0, 0.05) is 26.3 Å². The molecule has 0 aromatic heterocycles. The topological polar surface area (TPSA) is 84.7 Å². The molecule has 2 fully saturated rings. The lowest BCUT2D eigenvalue weighted by molar-refractivity contribution is -0.133. The van der Waals surface area contributed by atoms with Crippen LogP contribution in [0.1, 0.15) is 18.4 Å². The van der Waals surface area contributed by atoms with E-state index in [2.05, 4.69) is 5.32 Å². The van der Waals surface area contributed by atoms with E-state index in [-0.39, 0.29) is 11.9 Å². The van der Waals surface area contributed by atoms with E-state index in [0.29, 0.717) is 44.8 Å². The average molecular weight is 289 g/mol. The zero-order valence-electron chi connectivity index (χ0n) is 11.8.